The molecule has 0 bridgehead atoms. The van der Waals surface area contributed by atoms with Gasteiger partial charge >= 0.3 is 6.18 Å². The van der Waals surface area contributed by atoms with Crippen LogP contribution in [0.25, 0.3) is 0 Å². The number of alkyl halides is 3. The van der Waals surface area contributed by atoms with Gasteiger partial charge in [-0.3, -0.25) is 0 Å². The summed E-state index contributed by atoms with van der Waals surface area (Å²) in [6.07, 6.45) is -4.16. The predicted molar refractivity (Wildman–Crippen MR) is 73.3 cm³/mol. The Hall–Kier alpha value is -1.88. The monoisotopic (exact) mass is 297 g/mol. The molecule has 2 aromatic carbocycles. The summed E-state index contributed by atoms with van der Waals surface area (Å²) in [7, 11) is 1.67. The molecule has 0 aliphatic heterocycles. The maximum atomic E-state index is 13.3. The van der Waals surface area contributed by atoms with Gasteiger partial charge in [0.25, 0.3) is 0 Å². The van der Waals surface area contributed by atoms with Gasteiger partial charge in [-0.15, -0.1) is 0 Å². The van der Waals surface area contributed by atoms with E-state index in [4.69, 9.17) is 0 Å². The molecule has 1 atom stereocenters. The van der Waals surface area contributed by atoms with Crippen LogP contribution in [0.3, 0.4) is 0 Å². The Morgan fingerprint density at radius 3 is 2.29 bits per heavy atom. The van der Waals surface area contributed by atoms with Crippen LogP contribution >= 0.6 is 0 Å². The summed E-state index contributed by atoms with van der Waals surface area (Å²) >= 11 is 0. The number of benzene rings is 2. The van der Waals surface area contributed by atoms with Crippen molar-refractivity contribution in [1.82, 2.24) is 5.32 Å². The first-order valence-electron chi connectivity index (χ1n) is 6.49. The molecule has 2 rings (SSSR count). The molecule has 0 saturated heterocycles. The van der Waals surface area contributed by atoms with Gasteiger partial charge in [-0.2, -0.15) is 13.2 Å². The van der Waals surface area contributed by atoms with Gasteiger partial charge in [-0.05, 0) is 36.7 Å². The van der Waals surface area contributed by atoms with Crippen molar-refractivity contribution in [2.75, 3.05) is 7.05 Å². The lowest BCUT2D eigenvalue weighted by Crippen LogP contribution is -2.20. The van der Waals surface area contributed by atoms with Gasteiger partial charge in [0.05, 0.1) is 5.56 Å². The lowest BCUT2D eigenvalue weighted by molar-refractivity contribution is -0.140. The van der Waals surface area contributed by atoms with E-state index in [1.165, 1.54) is 6.07 Å². The van der Waals surface area contributed by atoms with Gasteiger partial charge in [0.1, 0.15) is 5.82 Å². The van der Waals surface area contributed by atoms with Crippen molar-refractivity contribution in [3.05, 3.63) is 71.0 Å². The van der Waals surface area contributed by atoms with Crippen molar-refractivity contribution in [2.45, 2.75) is 18.6 Å². The second kappa shape index (κ2) is 6.26. The third-order valence-electron chi connectivity index (χ3n) is 3.33. The largest absolute Gasteiger partial charge is 0.419 e. The number of rotatable bonds is 4. The number of likely N-dealkylation sites (N-methyl/N-ethyl adjacent to an activating group) is 1. The third kappa shape index (κ3) is 3.82. The van der Waals surface area contributed by atoms with Crippen LogP contribution < -0.4 is 5.32 Å². The highest BCUT2D eigenvalue weighted by atomic mass is 19.4. The summed E-state index contributed by atoms with van der Waals surface area (Å²) in [6, 6.07) is 12.2. The quantitative estimate of drug-likeness (QED) is 0.827. The smallest absolute Gasteiger partial charge is 0.313 e. The van der Waals surface area contributed by atoms with Crippen LogP contribution in [-0.2, 0) is 12.6 Å². The van der Waals surface area contributed by atoms with E-state index >= 15 is 0 Å². The third-order valence-corrected chi connectivity index (χ3v) is 3.33. The highest BCUT2D eigenvalue weighted by Gasteiger charge is 2.34. The standard InChI is InChI=1S/C16H15F4N/c1-21-15(9-11-5-3-2-4-6-11)12-7-8-14(17)13(10-12)16(18,19)20/h2-8,10,15,21H,9H2,1H3. The molecule has 0 spiro atoms. The molecule has 0 aliphatic rings. The maximum Gasteiger partial charge on any atom is 0.419 e. The van der Waals surface area contributed by atoms with E-state index in [9.17, 15) is 17.6 Å². The SMILES string of the molecule is CNC(Cc1ccccc1)c1ccc(F)c(C(F)(F)F)c1. The van der Waals surface area contributed by atoms with Crippen molar-refractivity contribution in [1.29, 1.82) is 0 Å². The van der Waals surface area contributed by atoms with Crippen LogP contribution in [-0.4, -0.2) is 7.05 Å². The topological polar surface area (TPSA) is 12.0 Å². The average Bonchev–Trinajstić information content (AvgIpc) is 2.45. The van der Waals surface area contributed by atoms with Crippen molar-refractivity contribution in [3.8, 4) is 0 Å². The summed E-state index contributed by atoms with van der Waals surface area (Å²) in [5.41, 5.74) is 0.179. The molecule has 5 heteroatoms. The highest BCUT2D eigenvalue weighted by Crippen LogP contribution is 2.33. The first-order valence-corrected chi connectivity index (χ1v) is 6.49. The van der Waals surface area contributed by atoms with Crippen LogP contribution in [0.1, 0.15) is 22.7 Å². The molecular formula is C16H15F4N. The summed E-state index contributed by atoms with van der Waals surface area (Å²) in [4.78, 5) is 0. The zero-order chi connectivity index (χ0) is 15.5. The lowest BCUT2D eigenvalue weighted by Gasteiger charge is -2.19. The summed E-state index contributed by atoms with van der Waals surface area (Å²) < 4.78 is 51.6. The van der Waals surface area contributed by atoms with Gasteiger partial charge in [-0.1, -0.05) is 36.4 Å². The normalized spacial score (nSPS) is 13.2. The molecule has 0 fully saturated rings. The first-order chi connectivity index (χ1) is 9.91. The van der Waals surface area contributed by atoms with Crippen molar-refractivity contribution < 1.29 is 17.6 Å². The fourth-order valence-corrected chi connectivity index (χ4v) is 2.21. The number of nitrogens with one attached hydrogen (secondary N) is 1. The molecule has 0 aromatic heterocycles. The summed E-state index contributed by atoms with van der Waals surface area (Å²) in [5, 5.41) is 2.98. The molecular weight excluding hydrogens is 282 g/mol. The molecule has 0 radical (unpaired) electrons. The minimum Gasteiger partial charge on any atom is -0.313 e. The van der Waals surface area contributed by atoms with E-state index in [-0.39, 0.29) is 6.04 Å². The van der Waals surface area contributed by atoms with E-state index in [0.717, 1.165) is 17.7 Å². The molecule has 2 aromatic rings. The summed E-state index contributed by atoms with van der Waals surface area (Å²) in [6.45, 7) is 0. The molecule has 1 nitrogen and oxygen atoms in total. The average molecular weight is 297 g/mol. The fraction of sp³-hybridized carbons (Fsp3) is 0.250. The molecule has 1 unspecified atom stereocenters. The second-order valence-electron chi connectivity index (χ2n) is 4.77. The van der Waals surface area contributed by atoms with Gasteiger partial charge in [0, 0.05) is 6.04 Å². The van der Waals surface area contributed by atoms with Crippen LogP contribution in [0.2, 0.25) is 0 Å². The minimum absolute atomic E-state index is 0.311. The first kappa shape index (κ1) is 15.5. The lowest BCUT2D eigenvalue weighted by atomic mass is 9.97. The molecule has 1 N–H and O–H groups in total. The molecule has 0 aliphatic carbocycles. The number of halogens is 4. The van der Waals surface area contributed by atoms with Crippen molar-refractivity contribution in [2.24, 2.45) is 0 Å². The number of hydrogen-bond donors (Lipinski definition) is 1. The van der Waals surface area contributed by atoms with Gasteiger partial charge in [0.2, 0.25) is 0 Å². The van der Waals surface area contributed by atoms with Crippen molar-refractivity contribution in [3.63, 3.8) is 0 Å². The Morgan fingerprint density at radius 2 is 1.71 bits per heavy atom. The van der Waals surface area contributed by atoms with Crippen LogP contribution in [0.5, 0.6) is 0 Å². The summed E-state index contributed by atoms with van der Waals surface area (Å²) in [5.74, 6) is -1.25. The fourth-order valence-electron chi connectivity index (χ4n) is 2.21. The van der Waals surface area contributed by atoms with E-state index in [1.807, 2.05) is 30.3 Å². The Labute approximate surface area is 120 Å². The van der Waals surface area contributed by atoms with Gasteiger partial charge in [-0.25, -0.2) is 4.39 Å². The Kier molecular flexibility index (Phi) is 4.63. The number of hydrogen-bond acceptors (Lipinski definition) is 1. The molecule has 0 amide bonds. The molecule has 0 heterocycles. The molecule has 0 saturated carbocycles. The van der Waals surface area contributed by atoms with E-state index in [1.54, 1.807) is 7.05 Å². The zero-order valence-electron chi connectivity index (χ0n) is 11.4. The zero-order valence-corrected chi connectivity index (χ0v) is 11.4. The van der Waals surface area contributed by atoms with Crippen LogP contribution in [0.4, 0.5) is 17.6 Å². The van der Waals surface area contributed by atoms with E-state index < -0.39 is 17.6 Å². The predicted octanol–water partition coefficient (Wildman–Crippen LogP) is 4.35. The minimum atomic E-state index is -4.69. The van der Waals surface area contributed by atoms with E-state index in [0.29, 0.717) is 12.0 Å². The highest BCUT2D eigenvalue weighted by molar-refractivity contribution is 5.31. The van der Waals surface area contributed by atoms with Gasteiger partial charge in [0.15, 0.2) is 0 Å². The van der Waals surface area contributed by atoms with Crippen LogP contribution in [0, 0.1) is 5.82 Å². The van der Waals surface area contributed by atoms with E-state index in [2.05, 4.69) is 5.32 Å². The Bertz CT molecular complexity index is 593. The molecule has 21 heavy (non-hydrogen) atoms. The van der Waals surface area contributed by atoms with Crippen molar-refractivity contribution >= 4 is 0 Å². The Balaban J connectivity index is 2.30. The second-order valence-corrected chi connectivity index (χ2v) is 4.77. The molecule has 112 valence electrons. The Morgan fingerprint density at radius 1 is 1.05 bits per heavy atom. The van der Waals surface area contributed by atoms with Crippen LogP contribution in [0.15, 0.2) is 48.5 Å². The van der Waals surface area contributed by atoms with Gasteiger partial charge < -0.3 is 5.32 Å². The maximum absolute atomic E-state index is 13.3.